The van der Waals surface area contributed by atoms with Crippen LogP contribution < -0.4 is 5.32 Å². The van der Waals surface area contributed by atoms with Crippen LogP contribution in [-0.2, 0) is 13.0 Å². The summed E-state index contributed by atoms with van der Waals surface area (Å²) in [5.74, 6) is 1.60. The van der Waals surface area contributed by atoms with E-state index in [1.165, 1.54) is 12.8 Å². The van der Waals surface area contributed by atoms with Crippen LogP contribution in [-0.4, -0.2) is 41.2 Å². The van der Waals surface area contributed by atoms with E-state index in [4.69, 9.17) is 4.52 Å². The first-order valence-corrected chi connectivity index (χ1v) is 6.53. The first-order valence-electron chi connectivity index (χ1n) is 6.53. The Morgan fingerprint density at radius 1 is 1.53 bits per heavy atom. The fraction of sp³-hybridized carbons (Fsp3) is 0.833. The van der Waals surface area contributed by atoms with Crippen LogP contribution in [0.1, 0.15) is 37.9 Å². The molecule has 0 spiro atoms. The highest BCUT2D eigenvalue weighted by Gasteiger charge is 2.25. The van der Waals surface area contributed by atoms with Gasteiger partial charge in [-0.3, -0.25) is 4.90 Å². The van der Waals surface area contributed by atoms with E-state index in [1.807, 2.05) is 7.05 Å². The van der Waals surface area contributed by atoms with Crippen molar-refractivity contribution in [3.8, 4) is 0 Å². The van der Waals surface area contributed by atoms with Crippen molar-refractivity contribution in [3.63, 3.8) is 0 Å². The maximum Gasteiger partial charge on any atom is 0.240 e. The molecule has 1 atom stereocenters. The van der Waals surface area contributed by atoms with Crippen LogP contribution in [0.3, 0.4) is 0 Å². The average molecular weight is 238 g/mol. The summed E-state index contributed by atoms with van der Waals surface area (Å²) in [6.07, 6.45) is 4.49. The highest BCUT2D eigenvalue weighted by atomic mass is 16.5. The standard InChI is InChI=1S/C12H22N4O/c1-3-5-11-14-12(17-15-11)9-16-7-4-6-10(16)8-13-2/h10,13H,3-9H2,1-2H3. The molecule has 5 nitrogen and oxygen atoms in total. The second-order valence-corrected chi connectivity index (χ2v) is 4.68. The molecule has 1 aliphatic rings. The van der Waals surface area contributed by atoms with Gasteiger partial charge >= 0.3 is 0 Å². The van der Waals surface area contributed by atoms with Crippen molar-refractivity contribution in [1.29, 1.82) is 0 Å². The summed E-state index contributed by atoms with van der Waals surface area (Å²) in [6.45, 7) is 5.09. The minimum Gasteiger partial charge on any atom is -0.338 e. The zero-order chi connectivity index (χ0) is 12.1. The van der Waals surface area contributed by atoms with Crippen LogP contribution in [0.4, 0.5) is 0 Å². The smallest absolute Gasteiger partial charge is 0.240 e. The summed E-state index contributed by atoms with van der Waals surface area (Å²) in [7, 11) is 2.00. The van der Waals surface area contributed by atoms with E-state index in [9.17, 15) is 0 Å². The van der Waals surface area contributed by atoms with Gasteiger partial charge in [0.2, 0.25) is 5.89 Å². The first kappa shape index (κ1) is 12.5. The van der Waals surface area contributed by atoms with Crippen LogP contribution in [0, 0.1) is 0 Å². The molecular formula is C12H22N4O. The lowest BCUT2D eigenvalue weighted by molar-refractivity contribution is 0.209. The van der Waals surface area contributed by atoms with Gasteiger partial charge in [-0.2, -0.15) is 4.98 Å². The topological polar surface area (TPSA) is 54.2 Å². The summed E-state index contributed by atoms with van der Waals surface area (Å²) in [5, 5.41) is 7.23. The van der Waals surface area contributed by atoms with Crippen molar-refractivity contribution >= 4 is 0 Å². The van der Waals surface area contributed by atoms with Crippen LogP contribution in [0.25, 0.3) is 0 Å². The second-order valence-electron chi connectivity index (χ2n) is 4.68. The normalized spacial score (nSPS) is 21.2. The van der Waals surface area contributed by atoms with Crippen molar-refractivity contribution in [1.82, 2.24) is 20.4 Å². The van der Waals surface area contributed by atoms with E-state index in [0.29, 0.717) is 6.04 Å². The third kappa shape index (κ3) is 3.26. The van der Waals surface area contributed by atoms with Gasteiger partial charge in [-0.05, 0) is 32.9 Å². The van der Waals surface area contributed by atoms with Crippen LogP contribution in [0.2, 0.25) is 0 Å². The van der Waals surface area contributed by atoms with Gasteiger partial charge in [0.15, 0.2) is 5.82 Å². The molecule has 1 aliphatic heterocycles. The molecule has 1 aromatic heterocycles. The quantitative estimate of drug-likeness (QED) is 0.807. The largest absolute Gasteiger partial charge is 0.338 e. The monoisotopic (exact) mass is 238 g/mol. The summed E-state index contributed by atoms with van der Waals surface area (Å²) in [5.41, 5.74) is 0. The Morgan fingerprint density at radius 2 is 2.41 bits per heavy atom. The maximum absolute atomic E-state index is 5.28. The van der Waals surface area contributed by atoms with Gasteiger partial charge in [0.25, 0.3) is 0 Å². The number of nitrogens with one attached hydrogen (secondary N) is 1. The molecule has 17 heavy (non-hydrogen) atoms. The van der Waals surface area contributed by atoms with Crippen molar-refractivity contribution in [2.45, 2.75) is 45.2 Å². The molecule has 2 rings (SSSR count). The number of aromatic nitrogens is 2. The molecule has 5 heteroatoms. The molecule has 0 radical (unpaired) electrons. The molecular weight excluding hydrogens is 216 g/mol. The van der Waals surface area contributed by atoms with E-state index >= 15 is 0 Å². The number of hydrogen-bond acceptors (Lipinski definition) is 5. The lowest BCUT2D eigenvalue weighted by atomic mass is 10.2. The van der Waals surface area contributed by atoms with Gasteiger partial charge in [0.05, 0.1) is 6.54 Å². The Bertz CT molecular complexity index is 339. The molecule has 1 saturated heterocycles. The van der Waals surface area contributed by atoms with Gasteiger partial charge in [-0.15, -0.1) is 0 Å². The van der Waals surface area contributed by atoms with Gasteiger partial charge in [-0.25, -0.2) is 0 Å². The van der Waals surface area contributed by atoms with Crippen molar-refractivity contribution in [2.75, 3.05) is 20.1 Å². The van der Waals surface area contributed by atoms with Gasteiger partial charge in [0.1, 0.15) is 0 Å². The summed E-state index contributed by atoms with van der Waals surface area (Å²) in [6, 6.07) is 0.613. The molecule has 0 amide bonds. The molecule has 0 aromatic carbocycles. The SMILES string of the molecule is CCCc1noc(CN2CCCC2CNC)n1. The van der Waals surface area contributed by atoms with E-state index in [-0.39, 0.29) is 0 Å². The zero-order valence-corrected chi connectivity index (χ0v) is 10.8. The summed E-state index contributed by atoms with van der Waals surface area (Å²) >= 11 is 0. The maximum atomic E-state index is 5.28. The number of likely N-dealkylation sites (N-methyl/N-ethyl adjacent to an activating group) is 1. The number of aryl methyl sites for hydroxylation is 1. The van der Waals surface area contributed by atoms with Gasteiger partial charge in [0, 0.05) is 19.0 Å². The van der Waals surface area contributed by atoms with Crippen LogP contribution in [0.5, 0.6) is 0 Å². The van der Waals surface area contributed by atoms with Crippen LogP contribution >= 0.6 is 0 Å². The minimum atomic E-state index is 0.613. The summed E-state index contributed by atoms with van der Waals surface area (Å²) in [4.78, 5) is 6.85. The first-order chi connectivity index (χ1) is 8.33. The molecule has 1 unspecified atom stereocenters. The molecule has 0 aliphatic carbocycles. The Balaban J connectivity index is 1.90. The Labute approximate surface area is 103 Å². The highest BCUT2D eigenvalue weighted by Crippen LogP contribution is 2.18. The lowest BCUT2D eigenvalue weighted by Gasteiger charge is -2.22. The molecule has 1 aromatic rings. The fourth-order valence-corrected chi connectivity index (χ4v) is 2.42. The number of nitrogens with zero attached hydrogens (tertiary/aromatic N) is 3. The van der Waals surface area contributed by atoms with Gasteiger partial charge < -0.3 is 9.84 Å². The average Bonchev–Trinajstić information content (AvgIpc) is 2.91. The van der Waals surface area contributed by atoms with Crippen molar-refractivity contribution < 1.29 is 4.52 Å². The van der Waals surface area contributed by atoms with Gasteiger partial charge in [-0.1, -0.05) is 12.1 Å². The lowest BCUT2D eigenvalue weighted by Crippen LogP contribution is -2.36. The molecule has 0 bridgehead atoms. The van der Waals surface area contributed by atoms with E-state index in [1.54, 1.807) is 0 Å². The molecule has 1 fully saturated rings. The predicted octanol–water partition coefficient (Wildman–Crippen LogP) is 1.21. The Kier molecular flexibility index (Phi) is 4.50. The Morgan fingerprint density at radius 3 is 3.18 bits per heavy atom. The van der Waals surface area contributed by atoms with E-state index in [2.05, 4.69) is 27.3 Å². The number of rotatable bonds is 6. The van der Waals surface area contributed by atoms with Crippen molar-refractivity contribution in [2.24, 2.45) is 0 Å². The Hall–Kier alpha value is -0.940. The third-order valence-electron chi connectivity index (χ3n) is 3.26. The number of likely N-dealkylation sites (tertiary alicyclic amines) is 1. The number of hydrogen-bond donors (Lipinski definition) is 1. The summed E-state index contributed by atoms with van der Waals surface area (Å²) < 4.78 is 5.28. The third-order valence-corrected chi connectivity index (χ3v) is 3.26. The molecule has 1 N–H and O–H groups in total. The fourth-order valence-electron chi connectivity index (χ4n) is 2.42. The highest BCUT2D eigenvalue weighted by molar-refractivity contribution is 4.89. The molecule has 0 saturated carbocycles. The van der Waals surface area contributed by atoms with Crippen LogP contribution in [0.15, 0.2) is 4.52 Å². The molecule has 96 valence electrons. The zero-order valence-electron chi connectivity index (χ0n) is 10.8. The predicted molar refractivity (Wildman–Crippen MR) is 65.7 cm³/mol. The molecule has 2 heterocycles. The minimum absolute atomic E-state index is 0.613. The van der Waals surface area contributed by atoms with E-state index < -0.39 is 0 Å². The van der Waals surface area contributed by atoms with E-state index in [0.717, 1.165) is 44.2 Å². The second kappa shape index (κ2) is 6.12. The van der Waals surface area contributed by atoms with Crippen molar-refractivity contribution in [3.05, 3.63) is 11.7 Å².